The molecule has 0 saturated heterocycles. The van der Waals surface area contributed by atoms with E-state index in [1.807, 2.05) is 12.1 Å². The highest BCUT2D eigenvalue weighted by molar-refractivity contribution is 7.17. The fourth-order valence-corrected chi connectivity index (χ4v) is 3.14. The van der Waals surface area contributed by atoms with Crippen molar-refractivity contribution in [2.24, 2.45) is 0 Å². The number of thiophene rings is 1. The highest BCUT2D eigenvalue weighted by atomic mass is 32.1. The number of fused-ring (bicyclic) bond motifs is 1. The number of hydrogen-bond acceptors (Lipinski definition) is 3. The van der Waals surface area contributed by atoms with Gasteiger partial charge in [-0.25, -0.2) is 0 Å². The van der Waals surface area contributed by atoms with Gasteiger partial charge in [0.1, 0.15) is 6.54 Å². The molecule has 0 fully saturated rings. The molecule has 0 spiro atoms. The molecule has 0 saturated carbocycles. The first-order chi connectivity index (χ1) is 9.58. The Bertz CT molecular complexity index is 620. The van der Waals surface area contributed by atoms with Crippen molar-refractivity contribution in [1.29, 1.82) is 0 Å². The molecule has 2 aromatic rings. The zero-order chi connectivity index (χ0) is 14.5. The normalized spacial score (nSPS) is 10.7. The Morgan fingerprint density at radius 2 is 2.05 bits per heavy atom. The monoisotopic (exact) mass is 291 g/mol. The van der Waals surface area contributed by atoms with E-state index in [1.54, 1.807) is 11.3 Å². The third-order valence-corrected chi connectivity index (χ3v) is 4.21. The van der Waals surface area contributed by atoms with Gasteiger partial charge in [0.05, 0.1) is 0 Å². The number of carboxylic acids is 1. The molecule has 0 bridgehead atoms. The van der Waals surface area contributed by atoms with Crippen LogP contribution < -0.4 is 0 Å². The van der Waals surface area contributed by atoms with Crippen molar-refractivity contribution in [3.05, 3.63) is 35.2 Å². The van der Waals surface area contributed by atoms with Crippen LogP contribution in [-0.4, -0.2) is 35.5 Å². The molecule has 1 aromatic heterocycles. The first-order valence-corrected chi connectivity index (χ1v) is 7.37. The number of carbonyl (C=O) groups is 2. The van der Waals surface area contributed by atoms with Crippen molar-refractivity contribution in [1.82, 2.24) is 4.90 Å². The molecule has 0 aliphatic heterocycles. The topological polar surface area (TPSA) is 57.6 Å². The molecule has 0 aliphatic carbocycles. The molecular formula is C15H17NO3S. The summed E-state index contributed by atoms with van der Waals surface area (Å²) >= 11 is 1.71. The number of benzene rings is 1. The van der Waals surface area contributed by atoms with E-state index >= 15 is 0 Å². The van der Waals surface area contributed by atoms with Crippen molar-refractivity contribution >= 4 is 33.3 Å². The summed E-state index contributed by atoms with van der Waals surface area (Å²) in [5.41, 5.74) is 1.26. The number of aliphatic carboxylic acids is 1. The molecular weight excluding hydrogens is 274 g/mol. The summed E-state index contributed by atoms with van der Waals surface area (Å²) in [5.74, 6) is -1.10. The Kier molecular flexibility index (Phi) is 4.74. The number of rotatable bonds is 6. The van der Waals surface area contributed by atoms with Crippen molar-refractivity contribution in [3.63, 3.8) is 0 Å². The molecule has 4 nitrogen and oxygen atoms in total. The first-order valence-electron chi connectivity index (χ1n) is 6.49. The fraction of sp³-hybridized carbons (Fsp3) is 0.333. The molecule has 1 amide bonds. The molecule has 1 heterocycles. The van der Waals surface area contributed by atoms with Crippen LogP contribution >= 0.6 is 11.3 Å². The van der Waals surface area contributed by atoms with Crippen molar-refractivity contribution in [2.45, 2.75) is 19.3 Å². The minimum Gasteiger partial charge on any atom is -0.480 e. The SMILES string of the molecule is CN(CC(=O)O)C(=O)CCCc1csc2ccccc12. The molecule has 1 aromatic carbocycles. The number of aryl methyl sites for hydroxylation is 1. The summed E-state index contributed by atoms with van der Waals surface area (Å²) in [6.07, 6.45) is 1.97. The zero-order valence-corrected chi connectivity index (χ0v) is 12.2. The van der Waals surface area contributed by atoms with Gasteiger partial charge in [0.2, 0.25) is 5.91 Å². The molecule has 5 heteroatoms. The van der Waals surface area contributed by atoms with Crippen molar-refractivity contribution in [2.75, 3.05) is 13.6 Å². The van der Waals surface area contributed by atoms with Gasteiger partial charge in [-0.2, -0.15) is 0 Å². The molecule has 0 atom stereocenters. The number of nitrogens with zero attached hydrogens (tertiary/aromatic N) is 1. The van der Waals surface area contributed by atoms with Gasteiger partial charge in [-0.3, -0.25) is 9.59 Å². The van der Waals surface area contributed by atoms with E-state index in [9.17, 15) is 9.59 Å². The minimum atomic E-state index is -0.982. The van der Waals surface area contributed by atoms with Gasteiger partial charge >= 0.3 is 5.97 Å². The largest absolute Gasteiger partial charge is 0.480 e. The van der Waals surface area contributed by atoms with Crippen LogP contribution in [-0.2, 0) is 16.0 Å². The molecule has 106 valence electrons. The summed E-state index contributed by atoms with van der Waals surface area (Å²) in [5, 5.41) is 12.0. The lowest BCUT2D eigenvalue weighted by molar-refractivity contribution is -0.143. The molecule has 2 rings (SSSR count). The van der Waals surface area contributed by atoms with Crippen LogP contribution in [0.4, 0.5) is 0 Å². The van der Waals surface area contributed by atoms with E-state index in [1.165, 1.54) is 27.6 Å². The quantitative estimate of drug-likeness (QED) is 0.890. The maximum atomic E-state index is 11.7. The second kappa shape index (κ2) is 6.52. The number of carboxylic acid groups (broad SMARTS) is 1. The molecule has 20 heavy (non-hydrogen) atoms. The lowest BCUT2D eigenvalue weighted by Gasteiger charge is -2.14. The third-order valence-electron chi connectivity index (χ3n) is 3.20. The van der Waals surface area contributed by atoms with E-state index in [4.69, 9.17) is 5.11 Å². The van der Waals surface area contributed by atoms with Crippen LogP contribution in [0.25, 0.3) is 10.1 Å². The zero-order valence-electron chi connectivity index (χ0n) is 11.3. The van der Waals surface area contributed by atoms with Gasteiger partial charge in [0, 0.05) is 18.2 Å². The van der Waals surface area contributed by atoms with Gasteiger partial charge in [0.25, 0.3) is 0 Å². The Labute approximate surface area is 121 Å². The summed E-state index contributed by atoms with van der Waals surface area (Å²) in [7, 11) is 1.52. The van der Waals surface area contributed by atoms with Crippen LogP contribution in [0.1, 0.15) is 18.4 Å². The van der Waals surface area contributed by atoms with Crippen LogP contribution in [0, 0.1) is 0 Å². The molecule has 0 radical (unpaired) electrons. The predicted octanol–water partition coefficient (Wildman–Crippen LogP) is 2.77. The van der Waals surface area contributed by atoms with Gasteiger partial charge in [-0.15, -0.1) is 11.3 Å². The highest BCUT2D eigenvalue weighted by Gasteiger charge is 2.12. The van der Waals surface area contributed by atoms with Gasteiger partial charge in [0.15, 0.2) is 0 Å². The average molecular weight is 291 g/mol. The fourth-order valence-electron chi connectivity index (χ4n) is 2.14. The summed E-state index contributed by atoms with van der Waals surface area (Å²) in [4.78, 5) is 23.5. The van der Waals surface area contributed by atoms with Gasteiger partial charge in [-0.05, 0) is 35.2 Å². The smallest absolute Gasteiger partial charge is 0.323 e. The second-order valence-corrected chi connectivity index (χ2v) is 5.67. The van der Waals surface area contributed by atoms with Crippen LogP contribution in [0.15, 0.2) is 29.6 Å². The number of carbonyl (C=O) groups excluding carboxylic acids is 1. The average Bonchev–Trinajstić information content (AvgIpc) is 2.81. The summed E-state index contributed by atoms with van der Waals surface area (Å²) in [6.45, 7) is -0.236. The molecule has 1 N–H and O–H groups in total. The summed E-state index contributed by atoms with van der Waals surface area (Å²) in [6, 6.07) is 8.23. The van der Waals surface area contributed by atoms with Gasteiger partial charge in [-0.1, -0.05) is 18.2 Å². The molecule has 0 unspecified atom stereocenters. The maximum Gasteiger partial charge on any atom is 0.323 e. The Morgan fingerprint density at radius 3 is 2.80 bits per heavy atom. The van der Waals surface area contributed by atoms with Crippen molar-refractivity contribution < 1.29 is 14.7 Å². The maximum absolute atomic E-state index is 11.7. The number of likely N-dealkylation sites (N-methyl/N-ethyl adjacent to an activating group) is 1. The third kappa shape index (κ3) is 3.57. The lowest BCUT2D eigenvalue weighted by atomic mass is 10.1. The number of amides is 1. The Morgan fingerprint density at radius 1 is 1.30 bits per heavy atom. The van der Waals surface area contributed by atoms with E-state index in [2.05, 4.69) is 17.5 Å². The predicted molar refractivity (Wildman–Crippen MR) is 80.0 cm³/mol. The van der Waals surface area contributed by atoms with Crippen molar-refractivity contribution in [3.8, 4) is 0 Å². The van der Waals surface area contributed by atoms with Gasteiger partial charge < -0.3 is 10.0 Å². The minimum absolute atomic E-state index is 0.119. The Balaban J connectivity index is 1.87. The van der Waals surface area contributed by atoms with E-state index in [0.29, 0.717) is 6.42 Å². The number of hydrogen-bond donors (Lipinski definition) is 1. The van der Waals surface area contributed by atoms with E-state index in [0.717, 1.165) is 12.8 Å². The Hall–Kier alpha value is -1.88. The lowest BCUT2D eigenvalue weighted by Crippen LogP contribution is -2.31. The second-order valence-electron chi connectivity index (χ2n) is 4.75. The van der Waals surface area contributed by atoms with Crippen LogP contribution in [0.2, 0.25) is 0 Å². The summed E-state index contributed by atoms with van der Waals surface area (Å²) < 4.78 is 1.26. The van der Waals surface area contributed by atoms with E-state index in [-0.39, 0.29) is 12.5 Å². The van der Waals surface area contributed by atoms with E-state index < -0.39 is 5.97 Å². The standard InChI is InChI=1S/C15H17NO3S/c1-16(9-15(18)19)14(17)8-4-5-11-10-20-13-7-3-2-6-12(11)13/h2-3,6-7,10H,4-5,8-9H2,1H3,(H,18,19). The van der Waals surface area contributed by atoms with Crippen LogP contribution in [0.5, 0.6) is 0 Å². The van der Waals surface area contributed by atoms with Crippen LogP contribution in [0.3, 0.4) is 0 Å². The molecule has 0 aliphatic rings. The highest BCUT2D eigenvalue weighted by Crippen LogP contribution is 2.26. The first kappa shape index (κ1) is 14.5.